The third-order valence-electron chi connectivity index (χ3n) is 5.27. The Labute approximate surface area is 112 Å². The fourth-order valence-electron chi connectivity index (χ4n) is 3.41. The van der Waals surface area contributed by atoms with Crippen molar-refractivity contribution < 1.29 is 4.79 Å². The molecule has 104 valence electrons. The van der Waals surface area contributed by atoms with Gasteiger partial charge < -0.3 is 9.69 Å². The van der Waals surface area contributed by atoms with Gasteiger partial charge in [0.15, 0.2) is 0 Å². The van der Waals surface area contributed by atoms with Crippen LogP contribution in [0.1, 0.15) is 59.3 Å². The van der Waals surface area contributed by atoms with Gasteiger partial charge in [-0.1, -0.05) is 20.8 Å². The van der Waals surface area contributed by atoms with Crippen molar-refractivity contribution in [3.8, 4) is 0 Å². The molecule has 0 atom stereocenters. The van der Waals surface area contributed by atoms with E-state index in [1.165, 1.54) is 45.1 Å². The Morgan fingerprint density at radius 3 is 2.17 bits per heavy atom. The SMILES string of the molecule is CC1CCC(C=O)(CN2CCC(C)(C)CC2)CC1. The molecule has 0 spiro atoms. The standard InChI is InChI=1S/C16H29NO/c1-14-4-6-16(13-18,7-5-14)12-17-10-8-15(2,3)9-11-17/h13-14H,4-12H2,1-3H3. The van der Waals surface area contributed by atoms with E-state index in [2.05, 4.69) is 25.7 Å². The van der Waals surface area contributed by atoms with Crippen LogP contribution in [0.5, 0.6) is 0 Å². The minimum absolute atomic E-state index is 0.0198. The Bertz CT molecular complexity index is 279. The molecule has 1 saturated carbocycles. The summed E-state index contributed by atoms with van der Waals surface area (Å²) in [7, 11) is 0. The number of hydrogen-bond donors (Lipinski definition) is 0. The third-order valence-corrected chi connectivity index (χ3v) is 5.27. The number of carbonyl (C=O) groups excluding carboxylic acids is 1. The van der Waals surface area contributed by atoms with Crippen LogP contribution < -0.4 is 0 Å². The van der Waals surface area contributed by atoms with E-state index in [1.807, 2.05) is 0 Å². The first kappa shape index (κ1) is 14.0. The summed E-state index contributed by atoms with van der Waals surface area (Å²) < 4.78 is 0. The van der Waals surface area contributed by atoms with Gasteiger partial charge in [-0.25, -0.2) is 0 Å². The van der Waals surface area contributed by atoms with E-state index in [0.717, 1.165) is 25.3 Å². The Balaban J connectivity index is 1.89. The van der Waals surface area contributed by atoms with Crippen LogP contribution in [0.4, 0.5) is 0 Å². The minimum atomic E-state index is -0.0198. The highest BCUT2D eigenvalue weighted by molar-refractivity contribution is 5.60. The average Bonchev–Trinajstić information content (AvgIpc) is 2.35. The van der Waals surface area contributed by atoms with E-state index in [4.69, 9.17) is 0 Å². The molecule has 0 radical (unpaired) electrons. The van der Waals surface area contributed by atoms with Gasteiger partial charge in [0.05, 0.1) is 0 Å². The molecule has 1 saturated heterocycles. The lowest BCUT2D eigenvalue weighted by atomic mass is 9.71. The molecule has 2 nitrogen and oxygen atoms in total. The van der Waals surface area contributed by atoms with Gasteiger partial charge in [0.2, 0.25) is 0 Å². The van der Waals surface area contributed by atoms with Crippen molar-refractivity contribution in [2.75, 3.05) is 19.6 Å². The predicted octanol–water partition coefficient (Wildman–Crippen LogP) is 3.50. The van der Waals surface area contributed by atoms with Gasteiger partial charge in [-0.05, 0) is 62.9 Å². The van der Waals surface area contributed by atoms with Crippen molar-refractivity contribution >= 4 is 6.29 Å². The highest BCUT2D eigenvalue weighted by atomic mass is 16.1. The summed E-state index contributed by atoms with van der Waals surface area (Å²) in [5.41, 5.74) is 0.486. The van der Waals surface area contributed by atoms with Crippen LogP contribution in [0.15, 0.2) is 0 Å². The zero-order valence-corrected chi connectivity index (χ0v) is 12.4. The maximum atomic E-state index is 11.6. The van der Waals surface area contributed by atoms with Gasteiger partial charge in [-0.2, -0.15) is 0 Å². The molecule has 1 aliphatic carbocycles. The maximum absolute atomic E-state index is 11.6. The van der Waals surface area contributed by atoms with Gasteiger partial charge in [-0.15, -0.1) is 0 Å². The molecule has 2 fully saturated rings. The lowest BCUT2D eigenvalue weighted by Crippen LogP contribution is -2.45. The first-order valence-electron chi connectivity index (χ1n) is 7.63. The van der Waals surface area contributed by atoms with Crippen LogP contribution in [-0.4, -0.2) is 30.8 Å². The second-order valence-electron chi connectivity index (χ2n) is 7.60. The summed E-state index contributed by atoms with van der Waals surface area (Å²) in [6, 6.07) is 0. The molecule has 2 rings (SSSR count). The number of rotatable bonds is 3. The van der Waals surface area contributed by atoms with Crippen molar-refractivity contribution in [1.82, 2.24) is 4.90 Å². The molecule has 0 amide bonds. The van der Waals surface area contributed by atoms with Crippen LogP contribution in [0, 0.1) is 16.7 Å². The first-order valence-corrected chi connectivity index (χ1v) is 7.63. The number of hydrogen-bond acceptors (Lipinski definition) is 2. The van der Waals surface area contributed by atoms with Gasteiger partial charge in [-0.3, -0.25) is 0 Å². The van der Waals surface area contributed by atoms with Crippen molar-refractivity contribution in [1.29, 1.82) is 0 Å². The summed E-state index contributed by atoms with van der Waals surface area (Å²) >= 11 is 0. The molecule has 18 heavy (non-hydrogen) atoms. The Kier molecular flexibility index (Phi) is 4.15. The molecule has 0 aromatic heterocycles. The van der Waals surface area contributed by atoms with E-state index >= 15 is 0 Å². The normalized spacial score (nSPS) is 37.4. The maximum Gasteiger partial charge on any atom is 0.127 e. The first-order chi connectivity index (χ1) is 8.45. The van der Waals surface area contributed by atoms with Crippen LogP contribution in [0.2, 0.25) is 0 Å². The van der Waals surface area contributed by atoms with Crippen molar-refractivity contribution in [2.45, 2.75) is 59.3 Å². The van der Waals surface area contributed by atoms with E-state index in [9.17, 15) is 4.79 Å². The minimum Gasteiger partial charge on any atom is -0.303 e. The zero-order chi connectivity index (χ0) is 13.2. The topological polar surface area (TPSA) is 20.3 Å². The van der Waals surface area contributed by atoms with Crippen molar-refractivity contribution in [2.24, 2.45) is 16.7 Å². The smallest absolute Gasteiger partial charge is 0.127 e. The monoisotopic (exact) mass is 251 g/mol. The summed E-state index contributed by atoms with van der Waals surface area (Å²) in [5.74, 6) is 0.818. The molecule has 2 aliphatic rings. The number of aldehydes is 1. The van der Waals surface area contributed by atoms with Crippen LogP contribution >= 0.6 is 0 Å². The molecule has 1 aliphatic heterocycles. The van der Waals surface area contributed by atoms with Gasteiger partial charge in [0.1, 0.15) is 6.29 Å². The lowest BCUT2D eigenvalue weighted by molar-refractivity contribution is -0.120. The molecular formula is C16H29NO. The number of piperidine rings is 1. The fourth-order valence-corrected chi connectivity index (χ4v) is 3.41. The largest absolute Gasteiger partial charge is 0.303 e. The number of nitrogens with zero attached hydrogens (tertiary/aromatic N) is 1. The highest BCUT2D eigenvalue weighted by Crippen LogP contribution is 2.39. The van der Waals surface area contributed by atoms with Crippen LogP contribution in [0.25, 0.3) is 0 Å². The van der Waals surface area contributed by atoms with E-state index in [-0.39, 0.29) is 5.41 Å². The van der Waals surface area contributed by atoms with E-state index in [1.54, 1.807) is 0 Å². The van der Waals surface area contributed by atoms with Crippen molar-refractivity contribution in [3.63, 3.8) is 0 Å². The lowest BCUT2D eigenvalue weighted by Gasteiger charge is -2.43. The third kappa shape index (κ3) is 3.34. The molecule has 0 N–H and O–H groups in total. The summed E-state index contributed by atoms with van der Waals surface area (Å²) in [6.45, 7) is 10.4. The van der Waals surface area contributed by atoms with Gasteiger partial charge in [0.25, 0.3) is 0 Å². The Morgan fingerprint density at radius 1 is 1.11 bits per heavy atom. The summed E-state index contributed by atoms with van der Waals surface area (Å²) in [4.78, 5) is 14.1. The molecule has 0 unspecified atom stereocenters. The fraction of sp³-hybridized carbons (Fsp3) is 0.938. The highest BCUT2D eigenvalue weighted by Gasteiger charge is 2.37. The average molecular weight is 251 g/mol. The van der Waals surface area contributed by atoms with Crippen LogP contribution in [-0.2, 0) is 4.79 Å². The Hall–Kier alpha value is -0.370. The summed E-state index contributed by atoms with van der Waals surface area (Å²) in [6.07, 6.45) is 8.51. The van der Waals surface area contributed by atoms with E-state index in [0.29, 0.717) is 5.41 Å². The molecular weight excluding hydrogens is 222 g/mol. The van der Waals surface area contributed by atoms with Crippen LogP contribution in [0.3, 0.4) is 0 Å². The summed E-state index contributed by atoms with van der Waals surface area (Å²) in [5, 5.41) is 0. The second kappa shape index (κ2) is 5.32. The number of carbonyl (C=O) groups is 1. The quantitative estimate of drug-likeness (QED) is 0.716. The molecule has 0 bridgehead atoms. The van der Waals surface area contributed by atoms with Crippen molar-refractivity contribution in [3.05, 3.63) is 0 Å². The zero-order valence-electron chi connectivity index (χ0n) is 12.4. The van der Waals surface area contributed by atoms with E-state index < -0.39 is 0 Å². The molecule has 1 heterocycles. The second-order valence-corrected chi connectivity index (χ2v) is 7.60. The molecule has 0 aromatic rings. The molecule has 2 heteroatoms. The predicted molar refractivity (Wildman–Crippen MR) is 75.6 cm³/mol. The van der Waals surface area contributed by atoms with Gasteiger partial charge >= 0.3 is 0 Å². The molecule has 0 aromatic carbocycles. The Morgan fingerprint density at radius 2 is 1.67 bits per heavy atom. The number of likely N-dealkylation sites (tertiary alicyclic amines) is 1. The van der Waals surface area contributed by atoms with Gasteiger partial charge in [0, 0.05) is 12.0 Å².